The molecule has 1 fully saturated rings. The fourth-order valence-corrected chi connectivity index (χ4v) is 2.65. The summed E-state index contributed by atoms with van der Waals surface area (Å²) in [6, 6.07) is 0. The predicted octanol–water partition coefficient (Wildman–Crippen LogP) is 5.49. The summed E-state index contributed by atoms with van der Waals surface area (Å²) in [5.74, 6) is 0. The summed E-state index contributed by atoms with van der Waals surface area (Å²) in [6.07, 6.45) is 17.6. The van der Waals surface area contributed by atoms with E-state index in [0.717, 1.165) is 13.2 Å². The predicted molar refractivity (Wildman–Crippen MR) is 86.2 cm³/mol. The second kappa shape index (κ2) is 12.6. The third-order valence-corrected chi connectivity index (χ3v) is 4.26. The van der Waals surface area contributed by atoms with Crippen molar-refractivity contribution in [2.24, 2.45) is 0 Å². The third-order valence-electron chi connectivity index (χ3n) is 4.26. The highest BCUT2D eigenvalue weighted by molar-refractivity contribution is 4.79. The zero-order valence-electron chi connectivity index (χ0n) is 13.9. The minimum absolute atomic E-state index is 0.396. The van der Waals surface area contributed by atoms with Crippen molar-refractivity contribution in [3.8, 4) is 0 Å². The van der Waals surface area contributed by atoms with Gasteiger partial charge in [-0.05, 0) is 13.3 Å². The van der Waals surface area contributed by atoms with Crippen LogP contribution in [0.3, 0.4) is 0 Å². The Balaban J connectivity index is 1.62. The van der Waals surface area contributed by atoms with Crippen molar-refractivity contribution in [3.63, 3.8) is 0 Å². The smallest absolute Gasteiger partial charge is 0.107 e. The van der Waals surface area contributed by atoms with Crippen LogP contribution in [-0.2, 0) is 9.47 Å². The molecule has 0 spiro atoms. The van der Waals surface area contributed by atoms with Crippen molar-refractivity contribution in [2.75, 3.05) is 13.2 Å². The molecule has 0 aromatic heterocycles. The molecule has 0 aromatic carbocycles. The van der Waals surface area contributed by atoms with Gasteiger partial charge in [-0.3, -0.25) is 0 Å². The minimum Gasteiger partial charge on any atom is -0.379 e. The molecule has 0 amide bonds. The van der Waals surface area contributed by atoms with Crippen LogP contribution in [0.1, 0.15) is 90.9 Å². The normalized spacial score (nSPS) is 21.3. The molecule has 1 aliphatic heterocycles. The van der Waals surface area contributed by atoms with Gasteiger partial charge in [-0.15, -0.1) is 0 Å². The maximum absolute atomic E-state index is 5.59. The van der Waals surface area contributed by atoms with Crippen LogP contribution >= 0.6 is 0 Å². The van der Waals surface area contributed by atoms with Gasteiger partial charge in [0.2, 0.25) is 0 Å². The Kier molecular flexibility index (Phi) is 11.4. The molecule has 0 saturated carbocycles. The van der Waals surface area contributed by atoms with Crippen LogP contribution in [0, 0.1) is 0 Å². The van der Waals surface area contributed by atoms with Gasteiger partial charge in [-0.1, -0.05) is 77.6 Å². The number of unbranched alkanes of at least 4 members (excludes halogenated alkanes) is 11. The fraction of sp³-hybridized carbons (Fsp3) is 1.00. The topological polar surface area (TPSA) is 21.8 Å². The molecule has 0 N–H and O–H groups in total. The second-order valence-corrected chi connectivity index (χ2v) is 6.34. The molecule has 20 heavy (non-hydrogen) atoms. The van der Waals surface area contributed by atoms with Crippen molar-refractivity contribution >= 4 is 0 Å². The van der Waals surface area contributed by atoms with Gasteiger partial charge in [0.25, 0.3) is 0 Å². The van der Waals surface area contributed by atoms with Gasteiger partial charge in [0.15, 0.2) is 0 Å². The van der Waals surface area contributed by atoms with Gasteiger partial charge in [-0.2, -0.15) is 0 Å². The van der Waals surface area contributed by atoms with E-state index >= 15 is 0 Å². The summed E-state index contributed by atoms with van der Waals surface area (Å²) in [5, 5.41) is 0. The molecule has 0 bridgehead atoms. The van der Waals surface area contributed by atoms with Crippen molar-refractivity contribution in [2.45, 2.75) is 103 Å². The summed E-state index contributed by atoms with van der Waals surface area (Å²) in [6.45, 7) is 6.12. The summed E-state index contributed by atoms with van der Waals surface area (Å²) in [4.78, 5) is 0. The molecule has 120 valence electrons. The summed E-state index contributed by atoms with van der Waals surface area (Å²) >= 11 is 0. The third kappa shape index (κ3) is 10.7. The van der Waals surface area contributed by atoms with E-state index in [0.29, 0.717) is 12.2 Å². The summed E-state index contributed by atoms with van der Waals surface area (Å²) < 4.78 is 10.9. The van der Waals surface area contributed by atoms with Gasteiger partial charge in [0.05, 0.1) is 12.7 Å². The first-order valence-corrected chi connectivity index (χ1v) is 9.07. The lowest BCUT2D eigenvalue weighted by Gasteiger charge is -2.03. The molecule has 2 heteroatoms. The van der Waals surface area contributed by atoms with Gasteiger partial charge >= 0.3 is 0 Å². The van der Waals surface area contributed by atoms with Crippen LogP contribution in [0.15, 0.2) is 0 Å². The zero-order valence-corrected chi connectivity index (χ0v) is 13.9. The van der Waals surface area contributed by atoms with E-state index in [1.165, 1.54) is 77.0 Å². The zero-order chi connectivity index (χ0) is 14.5. The highest BCUT2D eigenvalue weighted by atomic mass is 16.6. The largest absolute Gasteiger partial charge is 0.379 e. The van der Waals surface area contributed by atoms with E-state index in [1.54, 1.807) is 0 Å². The molecule has 2 unspecified atom stereocenters. The van der Waals surface area contributed by atoms with Gasteiger partial charge in [-0.25, -0.2) is 0 Å². The highest BCUT2D eigenvalue weighted by Crippen LogP contribution is 2.20. The Labute approximate surface area is 126 Å². The molecule has 2 atom stereocenters. The minimum atomic E-state index is 0.396. The van der Waals surface area contributed by atoms with E-state index in [-0.39, 0.29) is 0 Å². The van der Waals surface area contributed by atoms with Crippen molar-refractivity contribution in [1.82, 2.24) is 0 Å². The molecular formula is C18H36O2. The van der Waals surface area contributed by atoms with Crippen LogP contribution in [0.4, 0.5) is 0 Å². The lowest BCUT2D eigenvalue weighted by atomic mass is 10.1. The Morgan fingerprint density at radius 3 is 1.65 bits per heavy atom. The van der Waals surface area contributed by atoms with E-state index in [1.807, 2.05) is 0 Å². The second-order valence-electron chi connectivity index (χ2n) is 6.34. The molecule has 1 heterocycles. The molecule has 2 nitrogen and oxygen atoms in total. The van der Waals surface area contributed by atoms with Crippen LogP contribution < -0.4 is 0 Å². The first-order valence-electron chi connectivity index (χ1n) is 9.07. The first kappa shape index (κ1) is 18.0. The molecule has 0 aromatic rings. The Bertz CT molecular complexity index is 206. The molecule has 1 aliphatic rings. The van der Waals surface area contributed by atoms with E-state index < -0.39 is 0 Å². The maximum atomic E-state index is 5.59. The highest BCUT2D eigenvalue weighted by Gasteiger charge is 2.33. The molecular weight excluding hydrogens is 248 g/mol. The molecule has 0 aliphatic carbocycles. The van der Waals surface area contributed by atoms with E-state index in [4.69, 9.17) is 9.47 Å². The van der Waals surface area contributed by atoms with Gasteiger partial charge in [0, 0.05) is 6.61 Å². The van der Waals surface area contributed by atoms with Crippen LogP contribution in [0.5, 0.6) is 0 Å². The number of ether oxygens (including phenoxy) is 2. The standard InChI is InChI=1S/C18H36O2/c1-3-4-5-6-7-8-9-10-11-12-13-14-15-19-16-18-17(2)20-18/h17-18H,3-16H2,1-2H3. The van der Waals surface area contributed by atoms with Crippen molar-refractivity contribution in [3.05, 3.63) is 0 Å². The van der Waals surface area contributed by atoms with E-state index in [9.17, 15) is 0 Å². The monoisotopic (exact) mass is 284 g/mol. The molecule has 1 rings (SSSR count). The fourth-order valence-electron chi connectivity index (χ4n) is 2.65. The maximum Gasteiger partial charge on any atom is 0.107 e. The Morgan fingerprint density at radius 2 is 1.20 bits per heavy atom. The summed E-state index contributed by atoms with van der Waals surface area (Å²) in [7, 11) is 0. The molecule has 0 radical (unpaired) electrons. The SMILES string of the molecule is CCCCCCCCCCCCCCOCC1OC1C. The lowest BCUT2D eigenvalue weighted by molar-refractivity contribution is 0.113. The lowest BCUT2D eigenvalue weighted by Crippen LogP contribution is -2.04. The quantitative estimate of drug-likeness (QED) is 0.293. The van der Waals surface area contributed by atoms with Crippen LogP contribution in [0.2, 0.25) is 0 Å². The van der Waals surface area contributed by atoms with Crippen molar-refractivity contribution < 1.29 is 9.47 Å². The number of hydrogen-bond donors (Lipinski definition) is 0. The summed E-state index contributed by atoms with van der Waals surface area (Å²) in [5.41, 5.74) is 0. The number of epoxide rings is 1. The number of hydrogen-bond acceptors (Lipinski definition) is 2. The Hall–Kier alpha value is -0.0800. The van der Waals surface area contributed by atoms with Gasteiger partial charge in [0.1, 0.15) is 6.10 Å². The van der Waals surface area contributed by atoms with E-state index in [2.05, 4.69) is 13.8 Å². The van der Waals surface area contributed by atoms with Gasteiger partial charge < -0.3 is 9.47 Å². The van der Waals surface area contributed by atoms with Crippen LogP contribution in [-0.4, -0.2) is 25.4 Å². The average Bonchev–Trinajstić information content (AvgIpc) is 3.15. The first-order chi connectivity index (χ1) is 9.84. The number of rotatable bonds is 15. The average molecular weight is 284 g/mol. The Morgan fingerprint density at radius 1 is 0.750 bits per heavy atom. The van der Waals surface area contributed by atoms with Crippen molar-refractivity contribution in [1.29, 1.82) is 0 Å². The molecule has 1 saturated heterocycles. The van der Waals surface area contributed by atoms with Crippen LogP contribution in [0.25, 0.3) is 0 Å².